The molecule has 2 saturated heterocycles. The first-order chi connectivity index (χ1) is 16.8. The Morgan fingerprint density at radius 2 is 1.37 bits per heavy atom. The molecule has 2 aliphatic rings. The number of likely N-dealkylation sites (tertiary alicyclic amines) is 1. The van der Waals surface area contributed by atoms with Crippen molar-refractivity contribution < 1.29 is 33.8 Å². The summed E-state index contributed by atoms with van der Waals surface area (Å²) in [6, 6.07) is 15.9. The summed E-state index contributed by atoms with van der Waals surface area (Å²) in [4.78, 5) is 50.0. The van der Waals surface area contributed by atoms with Crippen LogP contribution >= 0.6 is 0 Å². The molecular formula is C25H28FN3O6. The number of carboxylic acids is 2. The fourth-order valence-electron chi connectivity index (χ4n) is 4.22. The van der Waals surface area contributed by atoms with E-state index in [9.17, 15) is 14.0 Å². The van der Waals surface area contributed by atoms with Crippen LogP contribution in [0.15, 0.2) is 54.6 Å². The zero-order valence-electron chi connectivity index (χ0n) is 19.2. The maximum absolute atomic E-state index is 13.1. The summed E-state index contributed by atoms with van der Waals surface area (Å²) in [5.74, 6) is -4.14. The second kappa shape index (κ2) is 12.0. The lowest BCUT2D eigenvalue weighted by molar-refractivity contribution is -0.159. The summed E-state index contributed by atoms with van der Waals surface area (Å²) >= 11 is 0. The molecule has 1 unspecified atom stereocenters. The number of halogens is 1. The van der Waals surface area contributed by atoms with E-state index in [1.165, 1.54) is 30.0 Å². The summed E-state index contributed by atoms with van der Waals surface area (Å²) in [6.07, 6.45) is 1.62. The highest BCUT2D eigenvalue weighted by Crippen LogP contribution is 2.23. The molecular weight excluding hydrogens is 457 g/mol. The van der Waals surface area contributed by atoms with E-state index in [-0.39, 0.29) is 23.5 Å². The van der Waals surface area contributed by atoms with Crippen molar-refractivity contribution in [1.29, 1.82) is 0 Å². The van der Waals surface area contributed by atoms with Crippen LogP contribution in [-0.2, 0) is 14.4 Å². The van der Waals surface area contributed by atoms with Gasteiger partial charge in [-0.1, -0.05) is 18.2 Å². The van der Waals surface area contributed by atoms with E-state index < -0.39 is 11.9 Å². The van der Waals surface area contributed by atoms with E-state index in [1.54, 1.807) is 4.90 Å². The van der Waals surface area contributed by atoms with Crippen molar-refractivity contribution in [2.24, 2.45) is 5.92 Å². The average molecular weight is 486 g/mol. The van der Waals surface area contributed by atoms with Crippen molar-refractivity contribution in [3.63, 3.8) is 0 Å². The van der Waals surface area contributed by atoms with E-state index in [0.29, 0.717) is 31.7 Å². The molecule has 0 radical (unpaired) electrons. The quantitative estimate of drug-likeness (QED) is 0.640. The fourth-order valence-corrected chi connectivity index (χ4v) is 4.22. The monoisotopic (exact) mass is 485 g/mol. The summed E-state index contributed by atoms with van der Waals surface area (Å²) < 4.78 is 13.1. The number of carbonyl (C=O) groups is 4. The molecule has 0 aromatic heterocycles. The summed E-state index contributed by atoms with van der Waals surface area (Å²) in [6.45, 7) is 4.13. The minimum Gasteiger partial charge on any atom is -0.473 e. The lowest BCUT2D eigenvalue weighted by Crippen LogP contribution is -2.53. The van der Waals surface area contributed by atoms with E-state index in [0.717, 1.165) is 25.9 Å². The number of piperidine rings is 1. The standard InChI is InChI=1S/C23H26FN3O2.C2H2O4/c24-20-10-8-18(9-11-20)22(28)27-12-4-5-19(17-27)23(29)26-15-13-25(14-16-26)21-6-2-1-3-7-21;3-1(4)2(5)6/h1-3,6-11,19H,4-5,12-17H2;(H,3,4)(H,5,6). The molecule has 0 aliphatic carbocycles. The van der Waals surface area contributed by atoms with Crippen molar-refractivity contribution in [1.82, 2.24) is 9.80 Å². The topological polar surface area (TPSA) is 118 Å². The molecule has 0 bridgehead atoms. The Hall–Kier alpha value is -3.95. The largest absolute Gasteiger partial charge is 0.473 e. The Bertz CT molecular complexity index is 1030. The first-order valence-corrected chi connectivity index (χ1v) is 11.4. The number of piperazine rings is 1. The average Bonchev–Trinajstić information content (AvgIpc) is 2.89. The van der Waals surface area contributed by atoms with Gasteiger partial charge in [-0.15, -0.1) is 0 Å². The van der Waals surface area contributed by atoms with Gasteiger partial charge in [-0.2, -0.15) is 0 Å². The molecule has 35 heavy (non-hydrogen) atoms. The molecule has 9 nitrogen and oxygen atoms in total. The molecule has 2 heterocycles. The normalized spacial score (nSPS) is 17.7. The number of rotatable bonds is 3. The van der Waals surface area contributed by atoms with Gasteiger partial charge in [0, 0.05) is 50.5 Å². The van der Waals surface area contributed by atoms with E-state index in [1.807, 2.05) is 23.1 Å². The van der Waals surface area contributed by atoms with Gasteiger partial charge < -0.3 is 24.9 Å². The molecule has 2 amide bonds. The molecule has 1 atom stereocenters. The van der Waals surface area contributed by atoms with E-state index >= 15 is 0 Å². The van der Waals surface area contributed by atoms with Crippen LogP contribution in [-0.4, -0.2) is 83.0 Å². The van der Waals surface area contributed by atoms with Gasteiger partial charge in [0.1, 0.15) is 5.82 Å². The van der Waals surface area contributed by atoms with Gasteiger partial charge in [0.2, 0.25) is 5.91 Å². The van der Waals surface area contributed by atoms with Crippen LogP contribution in [0.1, 0.15) is 23.2 Å². The van der Waals surface area contributed by atoms with Crippen molar-refractivity contribution in [3.8, 4) is 0 Å². The lowest BCUT2D eigenvalue weighted by atomic mass is 9.95. The van der Waals surface area contributed by atoms with Crippen LogP contribution in [0, 0.1) is 11.7 Å². The predicted octanol–water partition coefficient (Wildman–Crippen LogP) is 2.18. The minimum atomic E-state index is -1.82. The van der Waals surface area contributed by atoms with Crippen LogP contribution in [0.25, 0.3) is 0 Å². The summed E-state index contributed by atoms with van der Waals surface area (Å²) in [5, 5.41) is 14.8. The van der Waals surface area contributed by atoms with Crippen LogP contribution in [0.5, 0.6) is 0 Å². The number of para-hydroxylation sites is 1. The maximum Gasteiger partial charge on any atom is 0.414 e. The Morgan fingerprint density at radius 3 is 1.94 bits per heavy atom. The van der Waals surface area contributed by atoms with Crippen LogP contribution in [0.4, 0.5) is 10.1 Å². The van der Waals surface area contributed by atoms with Crippen LogP contribution in [0.3, 0.4) is 0 Å². The number of carbonyl (C=O) groups excluding carboxylic acids is 2. The fraction of sp³-hybridized carbons (Fsp3) is 0.360. The van der Waals surface area contributed by atoms with Gasteiger partial charge in [-0.25, -0.2) is 14.0 Å². The SMILES string of the molecule is O=C(O)C(=O)O.O=C(c1ccc(F)cc1)N1CCCC(C(=O)N2CCN(c3ccccc3)CC2)C1. The van der Waals surface area contributed by atoms with Crippen LogP contribution in [0.2, 0.25) is 0 Å². The highest BCUT2D eigenvalue weighted by molar-refractivity contribution is 6.27. The highest BCUT2D eigenvalue weighted by Gasteiger charge is 2.33. The molecule has 2 aromatic rings. The highest BCUT2D eigenvalue weighted by atomic mass is 19.1. The van der Waals surface area contributed by atoms with Gasteiger partial charge in [-0.3, -0.25) is 9.59 Å². The molecule has 0 saturated carbocycles. The zero-order chi connectivity index (χ0) is 25.4. The Morgan fingerprint density at radius 1 is 0.771 bits per heavy atom. The number of carboxylic acid groups (broad SMARTS) is 2. The van der Waals surface area contributed by atoms with Crippen LogP contribution < -0.4 is 4.90 Å². The Labute approximate surface area is 202 Å². The van der Waals surface area contributed by atoms with Gasteiger partial charge in [0.15, 0.2) is 0 Å². The second-order valence-corrected chi connectivity index (χ2v) is 8.36. The van der Waals surface area contributed by atoms with Crippen molar-refractivity contribution in [2.75, 3.05) is 44.2 Å². The first kappa shape index (κ1) is 25.7. The number of aliphatic carboxylic acids is 2. The van der Waals surface area contributed by atoms with Gasteiger partial charge in [0.25, 0.3) is 5.91 Å². The zero-order valence-corrected chi connectivity index (χ0v) is 19.2. The number of amides is 2. The third-order valence-electron chi connectivity index (χ3n) is 6.04. The molecule has 0 spiro atoms. The number of anilines is 1. The van der Waals surface area contributed by atoms with Gasteiger partial charge in [0.05, 0.1) is 5.92 Å². The minimum absolute atomic E-state index is 0.128. The van der Waals surface area contributed by atoms with Crippen molar-refractivity contribution in [3.05, 3.63) is 66.0 Å². The molecule has 186 valence electrons. The summed E-state index contributed by atoms with van der Waals surface area (Å²) in [5.41, 5.74) is 1.66. The third kappa shape index (κ3) is 7.02. The predicted molar refractivity (Wildman–Crippen MR) is 126 cm³/mol. The van der Waals surface area contributed by atoms with Gasteiger partial charge >= 0.3 is 11.9 Å². The number of hydrogen-bond acceptors (Lipinski definition) is 5. The lowest BCUT2D eigenvalue weighted by Gasteiger charge is -2.39. The molecule has 10 heteroatoms. The van der Waals surface area contributed by atoms with Crippen molar-refractivity contribution >= 4 is 29.4 Å². The smallest absolute Gasteiger partial charge is 0.414 e. The maximum atomic E-state index is 13.1. The molecule has 2 N–H and O–H groups in total. The molecule has 2 fully saturated rings. The summed E-state index contributed by atoms with van der Waals surface area (Å²) in [7, 11) is 0. The second-order valence-electron chi connectivity index (χ2n) is 8.36. The number of benzene rings is 2. The third-order valence-corrected chi connectivity index (χ3v) is 6.04. The number of hydrogen-bond donors (Lipinski definition) is 2. The van der Waals surface area contributed by atoms with Gasteiger partial charge in [-0.05, 0) is 49.2 Å². The van der Waals surface area contributed by atoms with Crippen molar-refractivity contribution in [2.45, 2.75) is 12.8 Å². The van der Waals surface area contributed by atoms with E-state index in [4.69, 9.17) is 19.8 Å². The first-order valence-electron chi connectivity index (χ1n) is 11.4. The molecule has 2 aliphatic heterocycles. The Kier molecular flexibility index (Phi) is 8.77. The van der Waals surface area contributed by atoms with E-state index in [2.05, 4.69) is 17.0 Å². The molecule has 4 rings (SSSR count). The Balaban J connectivity index is 0.000000509. The number of nitrogens with zero attached hydrogens (tertiary/aromatic N) is 3. The molecule has 2 aromatic carbocycles.